The zero-order chi connectivity index (χ0) is 22.9. The molecule has 0 aliphatic carbocycles. The van der Waals surface area contributed by atoms with Gasteiger partial charge in [-0.1, -0.05) is 29.8 Å². The van der Waals surface area contributed by atoms with Crippen LogP contribution in [0.15, 0.2) is 53.5 Å². The minimum absolute atomic E-state index is 0. The van der Waals surface area contributed by atoms with Gasteiger partial charge in [0, 0.05) is 57.6 Å². The molecule has 0 bridgehead atoms. The van der Waals surface area contributed by atoms with Gasteiger partial charge >= 0.3 is 0 Å². The highest BCUT2D eigenvalue weighted by Gasteiger charge is 2.21. The van der Waals surface area contributed by atoms with Crippen molar-refractivity contribution in [1.29, 1.82) is 0 Å². The van der Waals surface area contributed by atoms with Crippen molar-refractivity contribution in [1.82, 2.24) is 15.5 Å². The molecule has 0 aromatic heterocycles. The van der Waals surface area contributed by atoms with E-state index in [-0.39, 0.29) is 29.9 Å². The lowest BCUT2D eigenvalue weighted by molar-refractivity contribution is 0.0827. The fourth-order valence-corrected chi connectivity index (χ4v) is 4.01. The van der Waals surface area contributed by atoms with E-state index in [1.54, 1.807) is 19.0 Å². The Labute approximate surface area is 215 Å². The van der Waals surface area contributed by atoms with E-state index in [0.717, 1.165) is 56.0 Å². The van der Waals surface area contributed by atoms with Gasteiger partial charge < -0.3 is 20.4 Å². The molecule has 3 rings (SSSR count). The zero-order valence-corrected chi connectivity index (χ0v) is 22.6. The van der Waals surface area contributed by atoms with Gasteiger partial charge in [-0.2, -0.15) is 0 Å². The van der Waals surface area contributed by atoms with E-state index >= 15 is 0 Å². The van der Waals surface area contributed by atoms with Crippen LogP contribution in [0.25, 0.3) is 0 Å². The fourth-order valence-electron chi connectivity index (χ4n) is 4.01. The quantitative estimate of drug-likeness (QED) is 0.303. The van der Waals surface area contributed by atoms with Gasteiger partial charge in [0.25, 0.3) is 5.91 Å². The predicted octanol–water partition coefficient (Wildman–Crippen LogP) is 4.08. The monoisotopic (exact) mass is 563 g/mol. The van der Waals surface area contributed by atoms with Crippen LogP contribution >= 0.6 is 24.0 Å². The molecule has 1 heterocycles. The van der Waals surface area contributed by atoms with Crippen LogP contribution in [0.4, 0.5) is 5.69 Å². The Morgan fingerprint density at radius 2 is 1.94 bits per heavy atom. The third-order valence-electron chi connectivity index (χ3n) is 5.76. The molecule has 0 spiro atoms. The Morgan fingerprint density at radius 3 is 2.64 bits per heavy atom. The van der Waals surface area contributed by atoms with Crippen LogP contribution in [0.5, 0.6) is 0 Å². The number of guanidine groups is 1. The zero-order valence-electron chi connectivity index (χ0n) is 20.3. The number of amides is 1. The van der Waals surface area contributed by atoms with E-state index in [1.165, 1.54) is 11.3 Å². The molecule has 1 atom stereocenters. The van der Waals surface area contributed by atoms with Gasteiger partial charge in [0.15, 0.2) is 5.96 Å². The number of piperidine rings is 1. The summed E-state index contributed by atoms with van der Waals surface area (Å²) in [6, 6.07) is 17.0. The molecule has 1 saturated heterocycles. The number of nitrogens with zero attached hydrogens (tertiary/aromatic N) is 3. The number of nitrogens with one attached hydrogen (secondary N) is 2. The molecular formula is C26H38IN5O. The summed E-state index contributed by atoms with van der Waals surface area (Å²) >= 11 is 0. The van der Waals surface area contributed by atoms with Crippen molar-refractivity contribution in [2.45, 2.75) is 39.2 Å². The van der Waals surface area contributed by atoms with Crippen LogP contribution in [0.2, 0.25) is 0 Å². The van der Waals surface area contributed by atoms with Gasteiger partial charge in [-0.25, -0.2) is 0 Å². The number of aliphatic imine (C=N–C) groups is 1. The molecule has 2 aromatic carbocycles. The van der Waals surface area contributed by atoms with Crippen LogP contribution in [-0.4, -0.2) is 63.1 Å². The summed E-state index contributed by atoms with van der Waals surface area (Å²) < 4.78 is 0. The minimum atomic E-state index is 0. The molecule has 7 heteroatoms. The molecule has 1 aliphatic rings. The number of carbonyl (C=O) groups excluding carboxylic acids is 1. The molecule has 33 heavy (non-hydrogen) atoms. The summed E-state index contributed by atoms with van der Waals surface area (Å²) in [4.78, 5) is 21.1. The molecule has 2 aromatic rings. The first-order valence-electron chi connectivity index (χ1n) is 11.6. The third-order valence-corrected chi connectivity index (χ3v) is 5.76. The van der Waals surface area contributed by atoms with Crippen molar-refractivity contribution in [2.24, 2.45) is 4.99 Å². The Kier molecular flexibility index (Phi) is 11.0. The van der Waals surface area contributed by atoms with Crippen molar-refractivity contribution in [3.05, 3.63) is 65.2 Å². The molecule has 1 amide bonds. The second kappa shape index (κ2) is 13.4. The van der Waals surface area contributed by atoms with Crippen molar-refractivity contribution in [3.63, 3.8) is 0 Å². The van der Waals surface area contributed by atoms with E-state index in [0.29, 0.717) is 12.6 Å². The summed E-state index contributed by atoms with van der Waals surface area (Å²) in [5, 5.41) is 7.02. The fraction of sp³-hybridized carbons (Fsp3) is 0.462. The molecule has 6 nitrogen and oxygen atoms in total. The predicted molar refractivity (Wildman–Crippen MR) is 149 cm³/mol. The maximum atomic E-state index is 12.2. The number of hydrogen-bond acceptors (Lipinski definition) is 3. The second-order valence-corrected chi connectivity index (χ2v) is 8.68. The number of rotatable bonds is 7. The summed E-state index contributed by atoms with van der Waals surface area (Å²) in [7, 11) is 3.55. The van der Waals surface area contributed by atoms with Gasteiger partial charge in [-0.15, -0.1) is 24.0 Å². The van der Waals surface area contributed by atoms with Gasteiger partial charge in [0.05, 0.1) is 0 Å². The van der Waals surface area contributed by atoms with E-state index in [9.17, 15) is 4.79 Å². The number of halogens is 1. The first kappa shape index (κ1) is 27.0. The molecule has 2 N–H and O–H groups in total. The summed E-state index contributed by atoms with van der Waals surface area (Å²) in [5.74, 6) is 0.893. The summed E-state index contributed by atoms with van der Waals surface area (Å²) in [5.41, 5.74) is 4.43. The van der Waals surface area contributed by atoms with E-state index in [1.807, 2.05) is 18.2 Å². The highest BCUT2D eigenvalue weighted by Crippen LogP contribution is 2.20. The normalized spacial score (nSPS) is 16.1. The molecule has 1 aliphatic heterocycles. The Morgan fingerprint density at radius 1 is 1.18 bits per heavy atom. The van der Waals surface area contributed by atoms with E-state index < -0.39 is 0 Å². The Bertz CT molecular complexity index is 913. The second-order valence-electron chi connectivity index (χ2n) is 8.68. The van der Waals surface area contributed by atoms with Crippen molar-refractivity contribution < 1.29 is 4.79 Å². The van der Waals surface area contributed by atoms with Gasteiger partial charge in [0.1, 0.15) is 0 Å². The standard InChI is InChI=1S/C26H37N5O.HI/c1-5-27-26(28-16-15-21-8-6-9-22(18-21)25(32)30(3)4)29-23-10-7-17-31(19-23)24-13-11-20(2)12-14-24;/h6,8-9,11-14,18,23H,5,7,10,15-17,19H2,1-4H3,(H2,27,28,29);1H. The minimum Gasteiger partial charge on any atom is -0.369 e. The number of hydrogen-bond donors (Lipinski definition) is 2. The largest absolute Gasteiger partial charge is 0.369 e. The highest BCUT2D eigenvalue weighted by molar-refractivity contribution is 14.0. The van der Waals surface area contributed by atoms with Crippen molar-refractivity contribution >= 4 is 41.5 Å². The molecule has 0 saturated carbocycles. The first-order chi connectivity index (χ1) is 15.5. The average Bonchev–Trinajstić information content (AvgIpc) is 2.79. The average molecular weight is 564 g/mol. The number of carbonyl (C=O) groups is 1. The molecule has 1 fully saturated rings. The number of aryl methyl sites for hydroxylation is 1. The maximum Gasteiger partial charge on any atom is 0.253 e. The lowest BCUT2D eigenvalue weighted by atomic mass is 10.0. The van der Waals surface area contributed by atoms with Crippen LogP contribution in [0, 0.1) is 6.92 Å². The lowest BCUT2D eigenvalue weighted by Crippen LogP contribution is -2.51. The lowest BCUT2D eigenvalue weighted by Gasteiger charge is -2.35. The smallest absolute Gasteiger partial charge is 0.253 e. The van der Waals surface area contributed by atoms with Crippen LogP contribution in [0.3, 0.4) is 0 Å². The molecule has 1 unspecified atom stereocenters. The van der Waals surface area contributed by atoms with Gasteiger partial charge in [0.2, 0.25) is 0 Å². The van der Waals surface area contributed by atoms with E-state index in [4.69, 9.17) is 4.99 Å². The van der Waals surface area contributed by atoms with Crippen LogP contribution in [0.1, 0.15) is 41.3 Å². The molecule has 0 radical (unpaired) electrons. The third kappa shape index (κ3) is 8.21. The Balaban J connectivity index is 0.00000385. The summed E-state index contributed by atoms with van der Waals surface area (Å²) in [6.45, 7) is 7.78. The summed E-state index contributed by atoms with van der Waals surface area (Å²) in [6.07, 6.45) is 3.10. The highest BCUT2D eigenvalue weighted by atomic mass is 127. The van der Waals surface area contributed by atoms with Gasteiger partial charge in [-0.3, -0.25) is 9.79 Å². The maximum absolute atomic E-state index is 12.2. The number of anilines is 1. The van der Waals surface area contributed by atoms with E-state index in [2.05, 4.69) is 59.7 Å². The van der Waals surface area contributed by atoms with Crippen molar-refractivity contribution in [2.75, 3.05) is 45.2 Å². The van der Waals surface area contributed by atoms with Crippen LogP contribution in [-0.2, 0) is 6.42 Å². The Hall–Kier alpha value is -2.29. The molecule has 180 valence electrons. The van der Waals surface area contributed by atoms with Gasteiger partial charge in [-0.05, 0) is 62.9 Å². The number of benzene rings is 2. The van der Waals surface area contributed by atoms with Crippen molar-refractivity contribution in [3.8, 4) is 0 Å². The molecular weight excluding hydrogens is 525 g/mol. The SMILES string of the molecule is CCNC(=NCCc1cccc(C(=O)N(C)C)c1)NC1CCCN(c2ccc(C)cc2)C1.I. The first-order valence-corrected chi connectivity index (χ1v) is 11.6. The topological polar surface area (TPSA) is 60.0 Å². The van der Waals surface area contributed by atoms with Crippen LogP contribution < -0.4 is 15.5 Å².